The van der Waals surface area contributed by atoms with Gasteiger partial charge in [0.15, 0.2) is 0 Å². The number of aliphatic hydroxyl groups is 2. The number of aliphatic hydroxyl groups excluding tert-OH is 2. The largest absolute Gasteiger partial charge is 0.464 e. The monoisotopic (exact) mass is 402 g/mol. The van der Waals surface area contributed by atoms with Crippen LogP contribution >= 0.6 is 0 Å². The lowest BCUT2D eigenvalue weighted by molar-refractivity contribution is -0.152. The number of carbonyl (C=O) groups is 2. The zero-order valence-electron chi connectivity index (χ0n) is 16.8. The molecule has 0 heterocycles. The van der Waals surface area contributed by atoms with Gasteiger partial charge >= 0.3 is 11.9 Å². The van der Waals surface area contributed by atoms with Gasteiger partial charge in [-0.1, -0.05) is 55.0 Å². The minimum Gasteiger partial charge on any atom is -0.464 e. The molecule has 2 rings (SSSR count). The highest BCUT2D eigenvalue weighted by Gasteiger charge is 2.08. The van der Waals surface area contributed by atoms with E-state index in [1.165, 1.54) is 6.92 Å². The predicted octanol–water partition coefficient (Wildman–Crippen LogP) is 3.51. The van der Waals surface area contributed by atoms with Crippen LogP contribution in [0.25, 0.3) is 0 Å². The highest BCUT2D eigenvalue weighted by molar-refractivity contribution is 5.89. The lowest BCUT2D eigenvalue weighted by Gasteiger charge is -2.05. The molecule has 0 radical (unpaired) electrons. The molecule has 2 aromatic rings. The first kappa shape index (κ1) is 24.3. The van der Waals surface area contributed by atoms with Crippen LogP contribution in [-0.2, 0) is 20.9 Å². The number of benzene rings is 2. The van der Waals surface area contributed by atoms with Crippen molar-refractivity contribution < 1.29 is 29.3 Å². The molecule has 0 spiro atoms. The lowest BCUT2D eigenvalue weighted by atomic mass is 10.2. The van der Waals surface area contributed by atoms with Crippen LogP contribution in [0.4, 0.5) is 0 Å². The molecule has 0 amide bonds. The van der Waals surface area contributed by atoms with Crippen LogP contribution in [0, 0.1) is 0 Å². The molecule has 2 aromatic carbocycles. The van der Waals surface area contributed by atoms with Crippen molar-refractivity contribution in [2.24, 2.45) is 0 Å². The van der Waals surface area contributed by atoms with Crippen molar-refractivity contribution >= 4 is 11.9 Å². The molecule has 6 nitrogen and oxygen atoms in total. The van der Waals surface area contributed by atoms with Gasteiger partial charge in [0.25, 0.3) is 0 Å². The molecule has 0 saturated carbocycles. The van der Waals surface area contributed by atoms with E-state index in [1.54, 1.807) is 12.1 Å². The van der Waals surface area contributed by atoms with Crippen LogP contribution < -0.4 is 0 Å². The number of hydrogen-bond acceptors (Lipinski definition) is 6. The maximum absolute atomic E-state index is 11.6. The predicted molar refractivity (Wildman–Crippen MR) is 110 cm³/mol. The zero-order chi connectivity index (χ0) is 21.3. The van der Waals surface area contributed by atoms with Gasteiger partial charge in [-0.3, -0.25) is 0 Å². The number of unbranched alkanes of at least 4 members (excludes halogenated alkanes) is 3. The molecule has 1 atom stereocenters. The molecule has 2 N–H and O–H groups in total. The van der Waals surface area contributed by atoms with Crippen molar-refractivity contribution in [3.63, 3.8) is 0 Å². The Labute approximate surface area is 172 Å². The Morgan fingerprint density at radius 3 is 2.03 bits per heavy atom. The Kier molecular flexibility index (Phi) is 12.8. The maximum atomic E-state index is 11.6. The number of rotatable bonds is 10. The second kappa shape index (κ2) is 15.2. The number of hydrogen-bond donors (Lipinski definition) is 2. The first-order valence-electron chi connectivity index (χ1n) is 9.76. The summed E-state index contributed by atoms with van der Waals surface area (Å²) in [6, 6.07) is 18.6. The summed E-state index contributed by atoms with van der Waals surface area (Å²) in [6.07, 6.45) is 2.44. The van der Waals surface area contributed by atoms with Gasteiger partial charge in [-0.2, -0.15) is 0 Å². The van der Waals surface area contributed by atoms with E-state index >= 15 is 0 Å². The molecule has 0 aromatic heterocycles. The molecule has 6 heteroatoms. The van der Waals surface area contributed by atoms with Crippen molar-refractivity contribution in [3.8, 4) is 0 Å². The number of ether oxygens (including phenoxy) is 2. The Bertz CT molecular complexity index is 685. The molecular formula is C23H30O6. The second-order valence-corrected chi connectivity index (χ2v) is 6.41. The van der Waals surface area contributed by atoms with Crippen molar-refractivity contribution in [1.29, 1.82) is 0 Å². The number of esters is 2. The highest BCUT2D eigenvalue weighted by atomic mass is 16.5. The normalized spacial score (nSPS) is 11.0. The highest BCUT2D eigenvalue weighted by Crippen LogP contribution is 2.05. The van der Waals surface area contributed by atoms with E-state index in [9.17, 15) is 9.59 Å². The van der Waals surface area contributed by atoms with Gasteiger partial charge in [0.05, 0.1) is 12.2 Å². The van der Waals surface area contributed by atoms with E-state index in [0.717, 1.165) is 31.2 Å². The molecule has 0 aliphatic heterocycles. The molecule has 29 heavy (non-hydrogen) atoms. The van der Waals surface area contributed by atoms with E-state index in [1.807, 2.05) is 48.5 Å². The molecule has 158 valence electrons. The summed E-state index contributed by atoms with van der Waals surface area (Å²) in [5, 5.41) is 17.2. The second-order valence-electron chi connectivity index (χ2n) is 6.41. The summed E-state index contributed by atoms with van der Waals surface area (Å²) in [5.74, 6) is -0.855. The molecule has 0 aliphatic rings. The van der Waals surface area contributed by atoms with Crippen LogP contribution in [-0.4, -0.2) is 41.5 Å². The summed E-state index contributed by atoms with van der Waals surface area (Å²) in [6.45, 7) is 2.27. The van der Waals surface area contributed by atoms with E-state index in [0.29, 0.717) is 18.8 Å². The van der Waals surface area contributed by atoms with Gasteiger partial charge in [0.1, 0.15) is 12.7 Å². The fourth-order valence-corrected chi connectivity index (χ4v) is 2.24. The average Bonchev–Trinajstić information content (AvgIpc) is 2.76. The molecule has 1 unspecified atom stereocenters. The first-order valence-corrected chi connectivity index (χ1v) is 9.76. The van der Waals surface area contributed by atoms with E-state index in [2.05, 4.69) is 0 Å². The Morgan fingerprint density at radius 1 is 0.862 bits per heavy atom. The molecule has 0 saturated heterocycles. The van der Waals surface area contributed by atoms with Gasteiger partial charge in [0.2, 0.25) is 0 Å². The van der Waals surface area contributed by atoms with Crippen LogP contribution in [0.5, 0.6) is 0 Å². The zero-order valence-corrected chi connectivity index (χ0v) is 16.8. The van der Waals surface area contributed by atoms with Gasteiger partial charge < -0.3 is 19.7 Å². The summed E-state index contributed by atoms with van der Waals surface area (Å²) >= 11 is 0. The van der Waals surface area contributed by atoms with Crippen LogP contribution in [0.15, 0.2) is 60.7 Å². The first-order chi connectivity index (χ1) is 14.0. The van der Waals surface area contributed by atoms with Crippen molar-refractivity contribution in [2.45, 2.75) is 45.3 Å². The average molecular weight is 402 g/mol. The third kappa shape index (κ3) is 11.7. The van der Waals surface area contributed by atoms with Gasteiger partial charge in [-0.15, -0.1) is 0 Å². The Morgan fingerprint density at radius 2 is 1.45 bits per heavy atom. The molecule has 0 fully saturated rings. The van der Waals surface area contributed by atoms with Crippen molar-refractivity contribution in [1.82, 2.24) is 0 Å². The van der Waals surface area contributed by atoms with E-state index in [4.69, 9.17) is 19.7 Å². The smallest absolute Gasteiger partial charge is 0.338 e. The third-order valence-electron chi connectivity index (χ3n) is 3.86. The third-order valence-corrected chi connectivity index (χ3v) is 3.86. The topological polar surface area (TPSA) is 93.1 Å². The van der Waals surface area contributed by atoms with Gasteiger partial charge in [-0.25, -0.2) is 9.59 Å². The fraction of sp³-hybridized carbons (Fsp3) is 0.391. The Hall–Kier alpha value is -2.70. The van der Waals surface area contributed by atoms with E-state index in [-0.39, 0.29) is 12.6 Å². The SMILES string of the molecule is CC(O)C(=O)OCCCCCCO.O=C(OCc1ccccc1)c1ccccc1. The minimum absolute atomic E-state index is 0.216. The summed E-state index contributed by atoms with van der Waals surface area (Å²) in [4.78, 5) is 22.3. The van der Waals surface area contributed by atoms with Crippen LogP contribution in [0.2, 0.25) is 0 Å². The van der Waals surface area contributed by atoms with Crippen molar-refractivity contribution in [3.05, 3.63) is 71.8 Å². The maximum Gasteiger partial charge on any atom is 0.338 e. The quantitative estimate of drug-likeness (QED) is 0.467. The Balaban J connectivity index is 0.000000298. The van der Waals surface area contributed by atoms with Crippen LogP contribution in [0.3, 0.4) is 0 Å². The summed E-state index contributed by atoms with van der Waals surface area (Å²) in [7, 11) is 0. The van der Waals surface area contributed by atoms with Gasteiger partial charge in [-0.05, 0) is 43.9 Å². The lowest BCUT2D eigenvalue weighted by Crippen LogP contribution is -2.19. The van der Waals surface area contributed by atoms with Crippen molar-refractivity contribution in [2.75, 3.05) is 13.2 Å². The number of carbonyl (C=O) groups excluding carboxylic acids is 2. The summed E-state index contributed by atoms with van der Waals surface area (Å²) in [5.41, 5.74) is 1.57. The standard InChI is InChI=1S/C14H12O2.C9H18O4/c15-14(13-9-5-2-6-10-13)16-11-12-7-3-1-4-8-12;1-8(11)9(12)13-7-5-3-2-4-6-10/h1-10H,11H2;8,10-11H,2-7H2,1H3. The van der Waals surface area contributed by atoms with Gasteiger partial charge in [0, 0.05) is 6.61 Å². The van der Waals surface area contributed by atoms with E-state index < -0.39 is 12.1 Å². The molecule has 0 bridgehead atoms. The van der Waals surface area contributed by atoms with Crippen LogP contribution in [0.1, 0.15) is 48.5 Å². The molecule has 0 aliphatic carbocycles. The summed E-state index contributed by atoms with van der Waals surface area (Å²) < 4.78 is 9.91. The molecular weight excluding hydrogens is 372 g/mol. The fourth-order valence-electron chi connectivity index (χ4n) is 2.24. The minimum atomic E-state index is -1.03.